The molecule has 0 aliphatic heterocycles. The maximum Gasteiger partial charge on any atom is 0.306 e. The number of phenols is 1. The molecule has 1 aliphatic carbocycles. The Morgan fingerprint density at radius 2 is 1.77 bits per heavy atom. The molecule has 2 aromatic carbocycles. The molecule has 0 unspecified atom stereocenters. The number of nitrogens with zero attached hydrogens (tertiary/aromatic N) is 1. The van der Waals surface area contributed by atoms with Crippen LogP contribution in [0.25, 0.3) is 16.6 Å². The normalized spacial score (nSPS) is 19.3. The van der Waals surface area contributed by atoms with Crippen LogP contribution in [0.3, 0.4) is 0 Å². The van der Waals surface area contributed by atoms with E-state index in [1.807, 2.05) is 18.4 Å². The fraction of sp³-hybridized carbons (Fsp3) is 0.400. The average Bonchev–Trinajstić information content (AvgIpc) is 3.05. The summed E-state index contributed by atoms with van der Waals surface area (Å²) in [6.07, 6.45) is 2.52. The van der Waals surface area contributed by atoms with Crippen molar-refractivity contribution in [3.63, 3.8) is 0 Å². The predicted molar refractivity (Wildman–Crippen MR) is 116 cm³/mol. The highest BCUT2D eigenvalue weighted by molar-refractivity contribution is 5.93. The van der Waals surface area contributed by atoms with E-state index in [1.54, 1.807) is 19.1 Å². The summed E-state index contributed by atoms with van der Waals surface area (Å²) in [4.78, 5) is 11.4. The predicted octanol–water partition coefficient (Wildman–Crippen LogP) is 6.40. The van der Waals surface area contributed by atoms with Gasteiger partial charge in [0.25, 0.3) is 0 Å². The number of aliphatic carboxylic acids is 1. The number of rotatable bonds is 4. The first-order valence-corrected chi connectivity index (χ1v) is 10.7. The van der Waals surface area contributed by atoms with Crippen LogP contribution in [0.5, 0.6) is 5.75 Å². The number of aromatic nitrogens is 1. The van der Waals surface area contributed by atoms with E-state index < -0.39 is 11.8 Å². The zero-order valence-electron chi connectivity index (χ0n) is 18.0. The molecule has 0 amide bonds. The summed E-state index contributed by atoms with van der Waals surface area (Å²) in [5, 5.41) is 20.7. The van der Waals surface area contributed by atoms with Crippen molar-refractivity contribution < 1.29 is 23.8 Å². The van der Waals surface area contributed by atoms with Crippen LogP contribution in [0.4, 0.5) is 8.78 Å². The van der Waals surface area contributed by atoms with Crippen LogP contribution in [-0.4, -0.2) is 20.7 Å². The van der Waals surface area contributed by atoms with E-state index in [4.69, 9.17) is 0 Å². The van der Waals surface area contributed by atoms with E-state index >= 15 is 0 Å². The number of aromatic hydroxyl groups is 1. The molecule has 1 aliphatic rings. The summed E-state index contributed by atoms with van der Waals surface area (Å²) in [6.45, 7) is 5.77. The number of hydrogen-bond donors (Lipinski definition) is 2. The van der Waals surface area contributed by atoms with Gasteiger partial charge in [-0.2, -0.15) is 0 Å². The maximum atomic E-state index is 14.4. The minimum absolute atomic E-state index is 0.0485. The van der Waals surface area contributed by atoms with Crippen molar-refractivity contribution in [3.05, 3.63) is 58.8 Å². The quantitative estimate of drug-likeness (QED) is 0.506. The number of aryl methyl sites for hydroxylation is 1. The molecular formula is C25H27F2NO3. The summed E-state index contributed by atoms with van der Waals surface area (Å²) in [6, 6.07) is 7.33. The van der Waals surface area contributed by atoms with Crippen LogP contribution < -0.4 is 0 Å². The van der Waals surface area contributed by atoms with Crippen molar-refractivity contribution >= 4 is 16.9 Å². The first-order valence-electron chi connectivity index (χ1n) is 10.7. The maximum absolute atomic E-state index is 14.4. The molecule has 164 valence electrons. The molecule has 4 nitrogen and oxygen atoms in total. The number of hydrogen-bond acceptors (Lipinski definition) is 2. The number of carboxylic acid groups (broad SMARTS) is 1. The van der Waals surface area contributed by atoms with Crippen LogP contribution in [0, 0.1) is 24.5 Å². The SMILES string of the molecule is Cc1cc(-n2c(C(C)C)c(C3CCC(C(=O)O)CC3)c3c(O)cc(F)cc32)ccc1F. The lowest BCUT2D eigenvalue weighted by atomic mass is 9.77. The largest absolute Gasteiger partial charge is 0.507 e. The zero-order chi connectivity index (χ0) is 22.4. The van der Waals surface area contributed by atoms with Gasteiger partial charge in [0, 0.05) is 22.8 Å². The summed E-state index contributed by atoms with van der Waals surface area (Å²) < 4.78 is 30.2. The summed E-state index contributed by atoms with van der Waals surface area (Å²) in [5.74, 6) is -1.98. The van der Waals surface area contributed by atoms with Gasteiger partial charge < -0.3 is 14.8 Å². The molecule has 0 radical (unpaired) electrons. The number of benzene rings is 2. The van der Waals surface area contributed by atoms with Crippen molar-refractivity contribution in [2.75, 3.05) is 0 Å². The lowest BCUT2D eigenvalue weighted by molar-refractivity contribution is -0.142. The summed E-state index contributed by atoms with van der Waals surface area (Å²) in [7, 11) is 0. The monoisotopic (exact) mass is 427 g/mol. The summed E-state index contributed by atoms with van der Waals surface area (Å²) >= 11 is 0. The van der Waals surface area contributed by atoms with Crippen molar-refractivity contribution in [1.82, 2.24) is 4.57 Å². The van der Waals surface area contributed by atoms with Crippen LogP contribution in [0.2, 0.25) is 0 Å². The van der Waals surface area contributed by atoms with Gasteiger partial charge in [-0.15, -0.1) is 0 Å². The molecule has 4 rings (SSSR count). The third-order valence-corrected chi connectivity index (χ3v) is 6.52. The molecule has 2 N–H and O–H groups in total. The third-order valence-electron chi connectivity index (χ3n) is 6.52. The molecular weight excluding hydrogens is 400 g/mol. The Labute approximate surface area is 180 Å². The Morgan fingerprint density at radius 3 is 2.35 bits per heavy atom. The lowest BCUT2D eigenvalue weighted by Crippen LogP contribution is -2.21. The fourth-order valence-corrected chi connectivity index (χ4v) is 5.07. The second kappa shape index (κ2) is 7.98. The van der Waals surface area contributed by atoms with Crippen molar-refractivity contribution in [3.8, 4) is 11.4 Å². The molecule has 0 bridgehead atoms. The van der Waals surface area contributed by atoms with Crippen LogP contribution >= 0.6 is 0 Å². The third kappa shape index (κ3) is 3.68. The van der Waals surface area contributed by atoms with E-state index in [0.717, 1.165) is 17.3 Å². The lowest BCUT2D eigenvalue weighted by Gasteiger charge is -2.28. The minimum atomic E-state index is -0.767. The smallest absolute Gasteiger partial charge is 0.306 e. The van der Waals surface area contributed by atoms with Crippen molar-refractivity contribution in [1.29, 1.82) is 0 Å². The highest BCUT2D eigenvalue weighted by Gasteiger charge is 2.33. The molecule has 0 saturated heterocycles. The van der Waals surface area contributed by atoms with Gasteiger partial charge in [-0.25, -0.2) is 8.78 Å². The summed E-state index contributed by atoms with van der Waals surface area (Å²) in [5.41, 5.74) is 3.64. The van der Waals surface area contributed by atoms with Gasteiger partial charge in [0.2, 0.25) is 0 Å². The van der Waals surface area contributed by atoms with Crippen molar-refractivity contribution in [2.45, 2.75) is 58.3 Å². The second-order valence-corrected chi connectivity index (χ2v) is 8.93. The molecule has 1 saturated carbocycles. The Bertz CT molecular complexity index is 1160. The molecule has 3 aromatic rings. The molecule has 0 spiro atoms. The molecule has 0 atom stereocenters. The van der Waals surface area contributed by atoms with Gasteiger partial charge in [0.05, 0.1) is 11.4 Å². The van der Waals surface area contributed by atoms with E-state index in [1.165, 1.54) is 12.1 Å². The Kier molecular flexibility index (Phi) is 5.50. The van der Waals surface area contributed by atoms with E-state index in [9.17, 15) is 23.8 Å². The topological polar surface area (TPSA) is 62.5 Å². The van der Waals surface area contributed by atoms with Gasteiger partial charge in [-0.3, -0.25) is 4.79 Å². The first-order chi connectivity index (χ1) is 14.7. The molecule has 1 aromatic heterocycles. The standard InChI is InChI=1S/C25H27F2NO3/c1-13(2)24-22(15-4-6-16(7-5-15)25(30)31)23-20(11-17(26)12-21(23)29)28(24)18-8-9-19(27)14(3)10-18/h8-13,15-16,29H,4-7H2,1-3H3,(H,30,31). The van der Waals surface area contributed by atoms with E-state index in [2.05, 4.69) is 0 Å². The van der Waals surface area contributed by atoms with Crippen LogP contribution in [-0.2, 0) is 4.79 Å². The van der Waals surface area contributed by atoms with Gasteiger partial charge in [-0.05, 0) is 79.8 Å². The van der Waals surface area contributed by atoms with Crippen LogP contribution in [0.15, 0.2) is 30.3 Å². The number of halogens is 2. The number of carbonyl (C=O) groups is 1. The Balaban J connectivity index is 1.99. The second-order valence-electron chi connectivity index (χ2n) is 8.93. The number of fused-ring (bicyclic) bond motifs is 1. The fourth-order valence-electron chi connectivity index (χ4n) is 5.07. The average molecular weight is 427 g/mol. The highest BCUT2D eigenvalue weighted by Crippen LogP contribution is 2.47. The molecule has 31 heavy (non-hydrogen) atoms. The van der Waals surface area contributed by atoms with Gasteiger partial charge in [-0.1, -0.05) is 13.8 Å². The number of phenolic OH excluding ortho intramolecular Hbond substituents is 1. The Morgan fingerprint density at radius 1 is 1.10 bits per heavy atom. The molecule has 6 heteroatoms. The number of carboxylic acids is 1. The van der Waals surface area contributed by atoms with E-state index in [-0.39, 0.29) is 29.3 Å². The first kappa shape index (κ1) is 21.3. The van der Waals surface area contributed by atoms with E-state index in [0.29, 0.717) is 47.8 Å². The molecule has 1 fully saturated rings. The molecule has 1 heterocycles. The van der Waals surface area contributed by atoms with Gasteiger partial charge >= 0.3 is 5.97 Å². The zero-order valence-corrected chi connectivity index (χ0v) is 18.0. The Hall–Kier alpha value is -2.89. The highest BCUT2D eigenvalue weighted by atomic mass is 19.1. The van der Waals surface area contributed by atoms with Gasteiger partial charge in [0.1, 0.15) is 17.4 Å². The van der Waals surface area contributed by atoms with Crippen molar-refractivity contribution in [2.24, 2.45) is 5.92 Å². The van der Waals surface area contributed by atoms with Gasteiger partial charge in [0.15, 0.2) is 0 Å². The van der Waals surface area contributed by atoms with Crippen LogP contribution in [0.1, 0.15) is 68.2 Å². The minimum Gasteiger partial charge on any atom is -0.507 e.